The van der Waals surface area contributed by atoms with Crippen LogP contribution in [-0.2, 0) is 11.3 Å². The van der Waals surface area contributed by atoms with E-state index in [9.17, 15) is 9.18 Å². The molecule has 1 amide bonds. The number of halogens is 1. The molecule has 0 saturated carbocycles. The normalized spacial score (nSPS) is 15.3. The van der Waals surface area contributed by atoms with Crippen LogP contribution in [0.1, 0.15) is 16.7 Å². The second kappa shape index (κ2) is 8.37. The number of rotatable bonds is 4. The maximum absolute atomic E-state index is 14.2. The first-order valence-electron chi connectivity index (χ1n) is 10.2. The number of aryl methyl sites for hydroxylation is 1. The lowest BCUT2D eigenvalue weighted by Gasteiger charge is -2.14. The number of hydrogen-bond acceptors (Lipinski definition) is 3. The van der Waals surface area contributed by atoms with Crippen molar-refractivity contribution in [1.29, 1.82) is 0 Å². The molecule has 0 radical (unpaired) electrons. The Morgan fingerprint density at radius 1 is 1.03 bits per heavy atom. The number of thioether (sulfide) groups is 1. The predicted octanol–water partition coefficient (Wildman–Crippen LogP) is 6.54. The molecular formula is C26H19FN2OS2. The summed E-state index contributed by atoms with van der Waals surface area (Å²) in [4.78, 5) is 15.4. The van der Waals surface area contributed by atoms with Crippen LogP contribution in [0.3, 0.4) is 0 Å². The van der Waals surface area contributed by atoms with E-state index in [1.54, 1.807) is 17.0 Å². The number of amides is 1. The van der Waals surface area contributed by atoms with Gasteiger partial charge in [0, 0.05) is 28.2 Å². The van der Waals surface area contributed by atoms with E-state index in [-0.39, 0.29) is 11.7 Å². The van der Waals surface area contributed by atoms with Crippen molar-refractivity contribution in [2.24, 2.45) is 0 Å². The Kier molecular flexibility index (Phi) is 5.41. The SMILES string of the molecule is Cc1cccc(N2C(=O)/C(=C\c3cn(Cc4ccccc4F)c4ccccc34)SC2=S)c1. The Balaban J connectivity index is 1.53. The fraction of sp³-hybridized carbons (Fsp3) is 0.0769. The second-order valence-corrected chi connectivity index (χ2v) is 9.35. The third-order valence-electron chi connectivity index (χ3n) is 5.46. The Labute approximate surface area is 195 Å². The molecule has 0 spiro atoms. The fourth-order valence-corrected chi connectivity index (χ4v) is 5.22. The average molecular weight is 459 g/mol. The lowest BCUT2D eigenvalue weighted by molar-refractivity contribution is -0.113. The number of aromatic nitrogens is 1. The number of benzene rings is 3. The standard InChI is InChI=1S/C26H19FN2OS2/c1-17-7-6-9-20(13-17)29-25(30)24(32-26(29)31)14-19-16-28(23-12-5-3-10-21(19)23)15-18-8-2-4-11-22(18)27/h2-14,16H,15H2,1H3/b24-14+. The van der Waals surface area contributed by atoms with Gasteiger partial charge in [-0.2, -0.15) is 0 Å². The molecule has 158 valence electrons. The van der Waals surface area contributed by atoms with E-state index in [4.69, 9.17) is 12.2 Å². The summed E-state index contributed by atoms with van der Waals surface area (Å²) >= 11 is 6.82. The molecule has 3 nitrogen and oxygen atoms in total. The number of thiocarbonyl (C=S) groups is 1. The molecule has 5 rings (SSSR count). The molecule has 32 heavy (non-hydrogen) atoms. The van der Waals surface area contributed by atoms with Gasteiger partial charge in [-0.25, -0.2) is 4.39 Å². The van der Waals surface area contributed by atoms with Crippen LogP contribution in [0.2, 0.25) is 0 Å². The number of para-hydroxylation sites is 1. The molecule has 1 aliphatic heterocycles. The van der Waals surface area contributed by atoms with Crippen molar-refractivity contribution < 1.29 is 9.18 Å². The highest BCUT2D eigenvalue weighted by atomic mass is 32.2. The van der Waals surface area contributed by atoms with Crippen molar-refractivity contribution >= 4 is 56.9 Å². The molecule has 0 aliphatic carbocycles. The fourth-order valence-electron chi connectivity index (χ4n) is 3.93. The Bertz CT molecular complexity index is 1410. The van der Waals surface area contributed by atoms with Gasteiger partial charge in [0.15, 0.2) is 4.32 Å². The molecule has 0 N–H and O–H groups in total. The van der Waals surface area contributed by atoms with E-state index in [0.29, 0.717) is 21.3 Å². The van der Waals surface area contributed by atoms with E-state index < -0.39 is 0 Å². The molecular weight excluding hydrogens is 439 g/mol. The van der Waals surface area contributed by atoms with Crippen LogP contribution in [0, 0.1) is 12.7 Å². The van der Waals surface area contributed by atoms with Crippen LogP contribution in [-0.4, -0.2) is 14.8 Å². The molecule has 4 aromatic rings. The van der Waals surface area contributed by atoms with E-state index in [1.807, 2.05) is 78.4 Å². The van der Waals surface area contributed by atoms with Crippen molar-refractivity contribution in [3.8, 4) is 0 Å². The number of carbonyl (C=O) groups excluding carboxylic acids is 1. The van der Waals surface area contributed by atoms with Crippen LogP contribution < -0.4 is 4.90 Å². The summed E-state index contributed by atoms with van der Waals surface area (Å²) in [5.74, 6) is -0.359. The van der Waals surface area contributed by atoms with Crippen LogP contribution in [0.5, 0.6) is 0 Å². The van der Waals surface area contributed by atoms with E-state index >= 15 is 0 Å². The monoisotopic (exact) mass is 458 g/mol. The minimum Gasteiger partial charge on any atom is -0.342 e. The molecule has 0 bridgehead atoms. The average Bonchev–Trinajstić information content (AvgIpc) is 3.26. The highest BCUT2D eigenvalue weighted by Gasteiger charge is 2.33. The molecule has 0 unspecified atom stereocenters. The topological polar surface area (TPSA) is 25.2 Å². The van der Waals surface area contributed by atoms with Crippen LogP contribution >= 0.6 is 24.0 Å². The quantitative estimate of drug-likeness (QED) is 0.256. The van der Waals surface area contributed by atoms with Crippen molar-refractivity contribution in [2.75, 3.05) is 4.90 Å². The Hall–Kier alpha value is -3.22. The van der Waals surface area contributed by atoms with Gasteiger partial charge in [-0.1, -0.05) is 72.5 Å². The molecule has 1 saturated heterocycles. The zero-order valence-electron chi connectivity index (χ0n) is 17.3. The molecule has 1 aromatic heterocycles. The van der Waals surface area contributed by atoms with E-state index in [1.165, 1.54) is 17.8 Å². The van der Waals surface area contributed by atoms with Gasteiger partial charge in [0.1, 0.15) is 5.82 Å². The summed E-state index contributed by atoms with van der Waals surface area (Å²) in [7, 11) is 0. The summed E-state index contributed by atoms with van der Waals surface area (Å²) in [5.41, 5.74) is 4.35. The minimum atomic E-state index is -0.231. The van der Waals surface area contributed by atoms with E-state index in [0.717, 1.165) is 27.7 Å². The molecule has 6 heteroatoms. The highest BCUT2D eigenvalue weighted by Crippen LogP contribution is 2.37. The Morgan fingerprint density at radius 2 is 1.81 bits per heavy atom. The zero-order chi connectivity index (χ0) is 22.2. The molecule has 3 aromatic carbocycles. The van der Waals surface area contributed by atoms with Crippen molar-refractivity contribution in [3.05, 3.63) is 106 Å². The van der Waals surface area contributed by atoms with Crippen LogP contribution in [0.4, 0.5) is 10.1 Å². The number of hydrogen-bond donors (Lipinski definition) is 0. The first kappa shape index (κ1) is 20.7. The van der Waals surface area contributed by atoms with Crippen LogP contribution in [0.15, 0.2) is 83.9 Å². The van der Waals surface area contributed by atoms with Gasteiger partial charge >= 0.3 is 0 Å². The Morgan fingerprint density at radius 3 is 2.62 bits per heavy atom. The van der Waals surface area contributed by atoms with E-state index in [2.05, 4.69) is 0 Å². The summed E-state index contributed by atoms with van der Waals surface area (Å²) < 4.78 is 16.8. The lowest BCUT2D eigenvalue weighted by atomic mass is 10.1. The number of nitrogens with zero attached hydrogens (tertiary/aromatic N) is 2. The minimum absolute atomic E-state index is 0.128. The zero-order valence-corrected chi connectivity index (χ0v) is 18.9. The summed E-state index contributed by atoms with van der Waals surface area (Å²) in [6.45, 7) is 2.40. The first-order chi connectivity index (χ1) is 15.5. The second-order valence-electron chi connectivity index (χ2n) is 7.68. The van der Waals surface area contributed by atoms with Crippen molar-refractivity contribution in [3.63, 3.8) is 0 Å². The van der Waals surface area contributed by atoms with Crippen LogP contribution in [0.25, 0.3) is 17.0 Å². The van der Waals surface area contributed by atoms with Gasteiger partial charge in [0.25, 0.3) is 5.91 Å². The van der Waals surface area contributed by atoms with Crippen molar-refractivity contribution in [2.45, 2.75) is 13.5 Å². The van der Waals surface area contributed by atoms with Gasteiger partial charge in [-0.3, -0.25) is 9.69 Å². The van der Waals surface area contributed by atoms with Gasteiger partial charge in [0.2, 0.25) is 0 Å². The predicted molar refractivity (Wildman–Crippen MR) is 134 cm³/mol. The summed E-state index contributed by atoms with van der Waals surface area (Å²) in [6.07, 6.45) is 3.85. The number of carbonyl (C=O) groups is 1. The third kappa shape index (κ3) is 3.76. The van der Waals surface area contributed by atoms with Gasteiger partial charge in [-0.15, -0.1) is 0 Å². The smallest absolute Gasteiger partial charge is 0.270 e. The first-order valence-corrected chi connectivity index (χ1v) is 11.4. The van der Waals surface area contributed by atoms with Crippen molar-refractivity contribution in [1.82, 2.24) is 4.57 Å². The number of fused-ring (bicyclic) bond motifs is 1. The molecule has 2 heterocycles. The summed E-state index contributed by atoms with van der Waals surface area (Å²) in [5, 5.41) is 1.00. The molecule has 1 fully saturated rings. The summed E-state index contributed by atoms with van der Waals surface area (Å²) in [6, 6.07) is 22.5. The third-order valence-corrected chi connectivity index (χ3v) is 6.76. The molecule has 0 atom stereocenters. The van der Waals surface area contributed by atoms with Gasteiger partial charge in [0.05, 0.1) is 17.1 Å². The van der Waals surface area contributed by atoms with Gasteiger partial charge in [-0.05, 0) is 42.8 Å². The largest absolute Gasteiger partial charge is 0.342 e. The van der Waals surface area contributed by atoms with Gasteiger partial charge < -0.3 is 4.57 Å². The lowest BCUT2D eigenvalue weighted by Crippen LogP contribution is -2.27. The maximum Gasteiger partial charge on any atom is 0.270 e. The maximum atomic E-state index is 14.2. The molecule has 1 aliphatic rings. The highest BCUT2D eigenvalue weighted by molar-refractivity contribution is 8.27. The number of anilines is 1.